The number of ether oxygens (including phenoxy) is 2. The standard InChI is InChI=1S/C8H17NO3/c1-2-11-8-4-3-6(9)7(5-10)12-8/h6-8,10H,2-5,9H2,1H3/t6-,7+,8-/m0/s1. The zero-order valence-electron chi connectivity index (χ0n) is 7.40. The summed E-state index contributed by atoms with van der Waals surface area (Å²) in [4.78, 5) is 0. The summed E-state index contributed by atoms with van der Waals surface area (Å²) >= 11 is 0. The van der Waals surface area contributed by atoms with Gasteiger partial charge in [0.1, 0.15) is 0 Å². The molecule has 1 fully saturated rings. The minimum Gasteiger partial charge on any atom is -0.394 e. The van der Waals surface area contributed by atoms with E-state index in [0.717, 1.165) is 12.8 Å². The number of hydrogen-bond acceptors (Lipinski definition) is 4. The Morgan fingerprint density at radius 3 is 2.92 bits per heavy atom. The van der Waals surface area contributed by atoms with E-state index in [2.05, 4.69) is 0 Å². The van der Waals surface area contributed by atoms with Crippen LogP contribution in [-0.4, -0.2) is 36.8 Å². The van der Waals surface area contributed by atoms with Gasteiger partial charge in [-0.2, -0.15) is 0 Å². The first-order valence-electron chi connectivity index (χ1n) is 4.41. The van der Waals surface area contributed by atoms with E-state index in [1.54, 1.807) is 0 Å². The van der Waals surface area contributed by atoms with Crippen LogP contribution >= 0.6 is 0 Å². The number of aliphatic hydroxyl groups excluding tert-OH is 1. The summed E-state index contributed by atoms with van der Waals surface area (Å²) in [6.07, 6.45) is 1.25. The Bertz CT molecular complexity index is 131. The van der Waals surface area contributed by atoms with Crippen LogP contribution < -0.4 is 5.73 Å². The lowest BCUT2D eigenvalue weighted by atomic mass is 10.0. The molecule has 4 heteroatoms. The van der Waals surface area contributed by atoms with Crippen LogP contribution in [0, 0.1) is 0 Å². The van der Waals surface area contributed by atoms with Gasteiger partial charge in [-0.05, 0) is 19.8 Å². The summed E-state index contributed by atoms with van der Waals surface area (Å²) in [5.74, 6) is 0. The third kappa shape index (κ3) is 2.42. The Kier molecular flexibility index (Phi) is 3.94. The first-order valence-corrected chi connectivity index (χ1v) is 4.41. The normalized spacial score (nSPS) is 36.8. The molecule has 3 N–H and O–H groups in total. The molecule has 0 aromatic rings. The van der Waals surface area contributed by atoms with Crippen LogP contribution in [0.15, 0.2) is 0 Å². The van der Waals surface area contributed by atoms with Crippen molar-refractivity contribution in [3.05, 3.63) is 0 Å². The Hall–Kier alpha value is -0.160. The van der Waals surface area contributed by atoms with Gasteiger partial charge in [-0.15, -0.1) is 0 Å². The number of aliphatic hydroxyl groups is 1. The van der Waals surface area contributed by atoms with Crippen molar-refractivity contribution in [2.45, 2.75) is 38.2 Å². The lowest BCUT2D eigenvalue weighted by Crippen LogP contribution is -2.46. The zero-order chi connectivity index (χ0) is 8.97. The van der Waals surface area contributed by atoms with Crippen LogP contribution in [0.1, 0.15) is 19.8 Å². The predicted octanol–water partition coefficient (Wildman–Crippen LogP) is -0.152. The molecule has 72 valence electrons. The Balaban J connectivity index is 2.33. The molecule has 0 spiro atoms. The largest absolute Gasteiger partial charge is 0.394 e. The van der Waals surface area contributed by atoms with Crippen LogP contribution in [0.2, 0.25) is 0 Å². The molecule has 0 unspecified atom stereocenters. The maximum absolute atomic E-state index is 8.89. The van der Waals surface area contributed by atoms with E-state index >= 15 is 0 Å². The Morgan fingerprint density at radius 2 is 2.33 bits per heavy atom. The first kappa shape index (κ1) is 9.92. The van der Waals surface area contributed by atoms with E-state index in [1.807, 2.05) is 6.92 Å². The molecule has 1 aliphatic rings. The fourth-order valence-corrected chi connectivity index (χ4v) is 1.37. The van der Waals surface area contributed by atoms with Crippen molar-refractivity contribution in [2.75, 3.05) is 13.2 Å². The SMILES string of the molecule is CCO[C@@H]1CC[C@H](N)[C@@H](CO)O1. The van der Waals surface area contributed by atoms with Gasteiger partial charge >= 0.3 is 0 Å². The summed E-state index contributed by atoms with van der Waals surface area (Å²) in [5, 5.41) is 8.89. The van der Waals surface area contributed by atoms with Crippen LogP contribution in [0.25, 0.3) is 0 Å². The quantitative estimate of drug-likeness (QED) is 0.626. The predicted molar refractivity (Wildman–Crippen MR) is 44.6 cm³/mol. The summed E-state index contributed by atoms with van der Waals surface area (Å²) in [6, 6.07) is -0.0493. The molecular formula is C8H17NO3. The molecule has 0 bridgehead atoms. The van der Waals surface area contributed by atoms with Crippen LogP contribution in [0.3, 0.4) is 0 Å². The molecule has 0 saturated carbocycles. The van der Waals surface area contributed by atoms with Crippen molar-refractivity contribution in [2.24, 2.45) is 5.73 Å². The molecule has 1 rings (SSSR count). The van der Waals surface area contributed by atoms with Crippen molar-refractivity contribution < 1.29 is 14.6 Å². The average Bonchev–Trinajstić information content (AvgIpc) is 2.09. The van der Waals surface area contributed by atoms with Gasteiger partial charge in [-0.1, -0.05) is 0 Å². The molecule has 0 aromatic carbocycles. The highest BCUT2D eigenvalue weighted by Gasteiger charge is 2.28. The number of hydrogen-bond donors (Lipinski definition) is 2. The highest BCUT2D eigenvalue weighted by Crippen LogP contribution is 2.18. The molecule has 0 amide bonds. The highest BCUT2D eigenvalue weighted by molar-refractivity contribution is 4.78. The van der Waals surface area contributed by atoms with Crippen LogP contribution in [-0.2, 0) is 9.47 Å². The summed E-state index contributed by atoms with van der Waals surface area (Å²) < 4.78 is 10.7. The molecule has 0 radical (unpaired) electrons. The van der Waals surface area contributed by atoms with Gasteiger partial charge in [-0.25, -0.2) is 0 Å². The van der Waals surface area contributed by atoms with Crippen molar-refractivity contribution in [1.29, 1.82) is 0 Å². The summed E-state index contributed by atoms with van der Waals surface area (Å²) in [5.41, 5.74) is 5.71. The van der Waals surface area contributed by atoms with Gasteiger partial charge in [-0.3, -0.25) is 0 Å². The lowest BCUT2D eigenvalue weighted by Gasteiger charge is -2.33. The highest BCUT2D eigenvalue weighted by atomic mass is 16.7. The molecule has 0 aromatic heterocycles. The van der Waals surface area contributed by atoms with Gasteiger partial charge < -0.3 is 20.3 Å². The molecule has 1 aliphatic heterocycles. The second-order valence-corrected chi connectivity index (χ2v) is 2.98. The van der Waals surface area contributed by atoms with Crippen molar-refractivity contribution in [1.82, 2.24) is 0 Å². The van der Waals surface area contributed by atoms with E-state index in [0.29, 0.717) is 6.61 Å². The number of nitrogens with two attached hydrogens (primary N) is 1. The van der Waals surface area contributed by atoms with E-state index in [-0.39, 0.29) is 25.0 Å². The third-order valence-corrected chi connectivity index (χ3v) is 2.07. The lowest BCUT2D eigenvalue weighted by molar-refractivity contribution is -0.203. The Morgan fingerprint density at radius 1 is 1.58 bits per heavy atom. The summed E-state index contributed by atoms with van der Waals surface area (Å²) in [7, 11) is 0. The van der Waals surface area contributed by atoms with E-state index < -0.39 is 0 Å². The number of rotatable bonds is 3. The molecule has 3 atom stereocenters. The topological polar surface area (TPSA) is 64.7 Å². The molecule has 4 nitrogen and oxygen atoms in total. The fraction of sp³-hybridized carbons (Fsp3) is 1.00. The molecule has 1 saturated heterocycles. The molecule has 1 heterocycles. The van der Waals surface area contributed by atoms with Crippen LogP contribution in [0.5, 0.6) is 0 Å². The van der Waals surface area contributed by atoms with Crippen molar-refractivity contribution in [3.8, 4) is 0 Å². The molecule has 12 heavy (non-hydrogen) atoms. The minimum atomic E-state index is -0.254. The second kappa shape index (κ2) is 4.77. The molecule has 0 aliphatic carbocycles. The zero-order valence-corrected chi connectivity index (χ0v) is 7.40. The van der Waals surface area contributed by atoms with E-state index in [9.17, 15) is 0 Å². The van der Waals surface area contributed by atoms with E-state index in [4.69, 9.17) is 20.3 Å². The molecular weight excluding hydrogens is 158 g/mol. The fourth-order valence-electron chi connectivity index (χ4n) is 1.37. The Labute approximate surface area is 72.6 Å². The van der Waals surface area contributed by atoms with Crippen molar-refractivity contribution >= 4 is 0 Å². The third-order valence-electron chi connectivity index (χ3n) is 2.07. The average molecular weight is 175 g/mol. The monoisotopic (exact) mass is 175 g/mol. The summed E-state index contributed by atoms with van der Waals surface area (Å²) in [6.45, 7) is 2.54. The van der Waals surface area contributed by atoms with Gasteiger partial charge in [0.2, 0.25) is 0 Å². The minimum absolute atomic E-state index is 0.0231. The second-order valence-electron chi connectivity index (χ2n) is 2.98. The maximum atomic E-state index is 8.89. The van der Waals surface area contributed by atoms with E-state index in [1.165, 1.54) is 0 Å². The first-order chi connectivity index (χ1) is 5.77. The smallest absolute Gasteiger partial charge is 0.158 e. The maximum Gasteiger partial charge on any atom is 0.158 e. The van der Waals surface area contributed by atoms with Crippen molar-refractivity contribution in [3.63, 3.8) is 0 Å². The van der Waals surface area contributed by atoms with Gasteiger partial charge in [0.25, 0.3) is 0 Å². The van der Waals surface area contributed by atoms with Crippen LogP contribution in [0.4, 0.5) is 0 Å². The van der Waals surface area contributed by atoms with Gasteiger partial charge in [0.05, 0.1) is 12.7 Å². The van der Waals surface area contributed by atoms with Gasteiger partial charge in [0.15, 0.2) is 6.29 Å². The van der Waals surface area contributed by atoms with Gasteiger partial charge in [0, 0.05) is 12.6 Å².